The zero-order valence-corrected chi connectivity index (χ0v) is 24.9. The first-order valence-corrected chi connectivity index (χ1v) is 14.4. The summed E-state index contributed by atoms with van der Waals surface area (Å²) >= 11 is 0. The van der Waals surface area contributed by atoms with Crippen molar-refractivity contribution in [3.05, 3.63) is 89.5 Å². The Morgan fingerprint density at radius 2 is 1.45 bits per heavy atom. The molecule has 0 saturated carbocycles. The maximum Gasteiger partial charge on any atom is 0.407 e. The molecule has 2 atom stereocenters. The molecule has 3 amide bonds. The molecule has 4 rings (SSSR count). The highest BCUT2D eigenvalue weighted by molar-refractivity contribution is 5.95. The molecule has 0 spiro atoms. The third-order valence-corrected chi connectivity index (χ3v) is 7.15. The standard InChI is InChI=1S/C33H37N3O8/c1-20(2)31(36-33(41)44-18-28-26-10-6-4-8-24(26)25-9-5-7-11-27(25)28)32(40)34-16-29(37)35-23-14-12-22(13-15-23)17-42-21(3)43-19-30(38)39/h4-15,20-21,28,31H,16-19H2,1-3H3,(H,34,40)(H,35,37)(H,36,41)(H,38,39). The highest BCUT2D eigenvalue weighted by atomic mass is 16.7. The fraction of sp³-hybridized carbons (Fsp3) is 0.333. The third kappa shape index (κ3) is 8.65. The van der Waals surface area contributed by atoms with Gasteiger partial charge < -0.3 is 35.3 Å². The van der Waals surface area contributed by atoms with Gasteiger partial charge in [-0.15, -0.1) is 0 Å². The number of ether oxygens (including phenoxy) is 3. The highest BCUT2D eigenvalue weighted by Gasteiger charge is 2.30. The molecule has 1 aliphatic carbocycles. The number of nitrogens with one attached hydrogen (secondary N) is 3. The summed E-state index contributed by atoms with van der Waals surface area (Å²) in [6.45, 7) is 4.75. The van der Waals surface area contributed by atoms with E-state index in [1.807, 2.05) is 36.4 Å². The van der Waals surface area contributed by atoms with Gasteiger partial charge in [0.15, 0.2) is 6.29 Å². The largest absolute Gasteiger partial charge is 0.480 e. The molecule has 0 heterocycles. The quantitative estimate of drug-likeness (QED) is 0.200. The van der Waals surface area contributed by atoms with Gasteiger partial charge in [0.1, 0.15) is 19.3 Å². The number of anilines is 1. The maximum absolute atomic E-state index is 12.9. The van der Waals surface area contributed by atoms with E-state index in [0.717, 1.165) is 27.8 Å². The number of rotatable bonds is 14. The fourth-order valence-corrected chi connectivity index (χ4v) is 4.92. The zero-order chi connectivity index (χ0) is 31.6. The van der Waals surface area contributed by atoms with Crippen molar-refractivity contribution < 1.29 is 38.5 Å². The molecule has 3 aromatic carbocycles. The second-order valence-electron chi connectivity index (χ2n) is 10.7. The van der Waals surface area contributed by atoms with Gasteiger partial charge in [0.2, 0.25) is 11.8 Å². The number of amides is 3. The van der Waals surface area contributed by atoms with Crippen molar-refractivity contribution >= 4 is 29.6 Å². The second-order valence-corrected chi connectivity index (χ2v) is 10.7. The molecule has 1 aliphatic rings. The molecular weight excluding hydrogens is 566 g/mol. The molecule has 44 heavy (non-hydrogen) atoms. The molecule has 0 bridgehead atoms. The lowest BCUT2D eigenvalue weighted by molar-refractivity contribution is -0.166. The minimum absolute atomic E-state index is 0.105. The van der Waals surface area contributed by atoms with E-state index in [2.05, 4.69) is 28.1 Å². The predicted molar refractivity (Wildman–Crippen MR) is 163 cm³/mol. The van der Waals surface area contributed by atoms with Crippen LogP contribution in [0, 0.1) is 5.92 Å². The summed E-state index contributed by atoms with van der Waals surface area (Å²) in [6.07, 6.45) is -1.40. The van der Waals surface area contributed by atoms with Crippen LogP contribution in [0.15, 0.2) is 72.8 Å². The second kappa shape index (κ2) is 15.1. The SMILES string of the molecule is CC(OCC(=O)O)OCc1ccc(NC(=O)CNC(=O)C(NC(=O)OCC2c3ccccc3-c3ccccc32)C(C)C)cc1. The van der Waals surface area contributed by atoms with Crippen LogP contribution in [0.25, 0.3) is 11.1 Å². The van der Waals surface area contributed by atoms with Crippen LogP contribution in [-0.4, -0.2) is 61.1 Å². The average molecular weight is 604 g/mol. The minimum atomic E-state index is -1.08. The normalized spacial score (nSPS) is 13.4. The number of alkyl carbamates (subject to hydrolysis) is 1. The smallest absolute Gasteiger partial charge is 0.407 e. The van der Waals surface area contributed by atoms with Gasteiger partial charge in [-0.05, 0) is 52.8 Å². The van der Waals surface area contributed by atoms with Crippen molar-refractivity contribution in [3.63, 3.8) is 0 Å². The lowest BCUT2D eigenvalue weighted by Gasteiger charge is -2.22. The molecule has 3 aromatic rings. The molecule has 0 saturated heterocycles. The van der Waals surface area contributed by atoms with Gasteiger partial charge in [0.05, 0.1) is 13.2 Å². The first-order valence-electron chi connectivity index (χ1n) is 14.4. The van der Waals surface area contributed by atoms with Crippen molar-refractivity contribution in [1.82, 2.24) is 10.6 Å². The molecule has 232 valence electrons. The van der Waals surface area contributed by atoms with Crippen LogP contribution in [0.4, 0.5) is 10.5 Å². The number of benzene rings is 3. The van der Waals surface area contributed by atoms with Gasteiger partial charge in [-0.2, -0.15) is 0 Å². The van der Waals surface area contributed by atoms with Crippen molar-refractivity contribution in [2.45, 2.75) is 45.6 Å². The Morgan fingerprint density at radius 1 is 0.841 bits per heavy atom. The monoisotopic (exact) mass is 603 g/mol. The number of fused-ring (bicyclic) bond motifs is 3. The van der Waals surface area contributed by atoms with E-state index in [9.17, 15) is 19.2 Å². The van der Waals surface area contributed by atoms with Crippen LogP contribution in [0.3, 0.4) is 0 Å². The van der Waals surface area contributed by atoms with Crippen molar-refractivity contribution in [1.29, 1.82) is 0 Å². The van der Waals surface area contributed by atoms with Crippen molar-refractivity contribution in [2.24, 2.45) is 5.92 Å². The van der Waals surface area contributed by atoms with E-state index in [4.69, 9.17) is 19.3 Å². The van der Waals surface area contributed by atoms with Gasteiger partial charge in [-0.1, -0.05) is 74.5 Å². The van der Waals surface area contributed by atoms with E-state index in [1.54, 1.807) is 45.0 Å². The lowest BCUT2D eigenvalue weighted by atomic mass is 9.98. The Morgan fingerprint density at radius 3 is 2.05 bits per heavy atom. The first kappa shape index (κ1) is 32.2. The predicted octanol–water partition coefficient (Wildman–Crippen LogP) is 4.27. The lowest BCUT2D eigenvalue weighted by Crippen LogP contribution is -2.51. The Labute approximate surface area is 255 Å². The Balaban J connectivity index is 1.22. The summed E-state index contributed by atoms with van der Waals surface area (Å²) < 4.78 is 16.0. The summed E-state index contributed by atoms with van der Waals surface area (Å²) in [4.78, 5) is 48.7. The van der Waals surface area contributed by atoms with E-state index in [0.29, 0.717) is 5.69 Å². The molecule has 11 heteroatoms. The first-order chi connectivity index (χ1) is 21.1. The van der Waals surface area contributed by atoms with Crippen LogP contribution >= 0.6 is 0 Å². The van der Waals surface area contributed by atoms with Gasteiger partial charge in [0, 0.05) is 11.6 Å². The van der Waals surface area contributed by atoms with Crippen LogP contribution in [0.1, 0.15) is 43.4 Å². The molecule has 4 N–H and O–H groups in total. The number of carboxylic acid groups (broad SMARTS) is 1. The molecule has 2 unspecified atom stereocenters. The number of aliphatic carboxylic acids is 1. The number of hydrogen-bond acceptors (Lipinski definition) is 7. The van der Waals surface area contributed by atoms with Gasteiger partial charge in [-0.25, -0.2) is 9.59 Å². The Kier molecular flexibility index (Phi) is 11.1. The van der Waals surface area contributed by atoms with E-state index in [1.165, 1.54) is 0 Å². The van der Waals surface area contributed by atoms with E-state index < -0.39 is 42.8 Å². The van der Waals surface area contributed by atoms with Gasteiger partial charge in [0.25, 0.3) is 0 Å². The Hall–Kier alpha value is -4.74. The van der Waals surface area contributed by atoms with Crippen LogP contribution in [0.5, 0.6) is 0 Å². The highest BCUT2D eigenvalue weighted by Crippen LogP contribution is 2.44. The van der Waals surface area contributed by atoms with Gasteiger partial charge >= 0.3 is 12.1 Å². The number of carboxylic acids is 1. The summed E-state index contributed by atoms with van der Waals surface area (Å²) in [5, 5.41) is 16.6. The van der Waals surface area contributed by atoms with E-state index >= 15 is 0 Å². The van der Waals surface area contributed by atoms with E-state index in [-0.39, 0.29) is 31.6 Å². The summed E-state index contributed by atoms with van der Waals surface area (Å²) in [6, 6.07) is 22.0. The summed E-state index contributed by atoms with van der Waals surface area (Å²) in [5.74, 6) is -2.39. The fourth-order valence-electron chi connectivity index (χ4n) is 4.92. The average Bonchev–Trinajstić information content (AvgIpc) is 3.33. The van der Waals surface area contributed by atoms with Crippen LogP contribution in [0.2, 0.25) is 0 Å². The molecule has 11 nitrogen and oxygen atoms in total. The molecular formula is C33H37N3O8. The van der Waals surface area contributed by atoms with Gasteiger partial charge in [-0.3, -0.25) is 9.59 Å². The third-order valence-electron chi connectivity index (χ3n) is 7.15. The molecule has 0 aromatic heterocycles. The maximum atomic E-state index is 12.9. The van der Waals surface area contributed by atoms with Crippen molar-refractivity contribution in [2.75, 3.05) is 25.1 Å². The number of carbonyl (C=O) groups excluding carboxylic acids is 3. The summed E-state index contributed by atoms with van der Waals surface area (Å²) in [7, 11) is 0. The van der Waals surface area contributed by atoms with Crippen molar-refractivity contribution in [3.8, 4) is 11.1 Å². The zero-order valence-electron chi connectivity index (χ0n) is 24.9. The molecule has 0 fully saturated rings. The topological polar surface area (TPSA) is 152 Å². The Bertz CT molecular complexity index is 1430. The summed E-state index contributed by atoms with van der Waals surface area (Å²) in [5.41, 5.74) is 5.72. The number of carbonyl (C=O) groups is 4. The van der Waals surface area contributed by atoms with Crippen LogP contribution in [-0.2, 0) is 35.2 Å². The minimum Gasteiger partial charge on any atom is -0.480 e. The molecule has 0 aliphatic heterocycles. The van der Waals surface area contributed by atoms with Crippen LogP contribution < -0.4 is 16.0 Å². The number of hydrogen-bond donors (Lipinski definition) is 4. The molecule has 0 radical (unpaired) electrons.